The second-order valence-electron chi connectivity index (χ2n) is 5.81. The van der Waals surface area contributed by atoms with Crippen LogP contribution in [0.2, 0.25) is 0 Å². The lowest BCUT2D eigenvalue weighted by Crippen LogP contribution is -2.40. The number of carbonyl (C=O) groups excluding carboxylic acids is 1. The summed E-state index contributed by atoms with van der Waals surface area (Å²) in [7, 11) is 1.95. The van der Waals surface area contributed by atoms with Crippen molar-refractivity contribution in [2.24, 2.45) is 5.92 Å². The molecule has 0 bridgehead atoms. The molecular weight excluding hydrogens is 282 g/mol. The zero-order valence-electron chi connectivity index (χ0n) is 13.0. The van der Waals surface area contributed by atoms with Gasteiger partial charge >= 0.3 is 0 Å². The summed E-state index contributed by atoms with van der Waals surface area (Å²) >= 11 is 0. The van der Waals surface area contributed by atoms with Gasteiger partial charge in [0.1, 0.15) is 0 Å². The van der Waals surface area contributed by atoms with Gasteiger partial charge in [0.25, 0.3) is 5.69 Å². The monoisotopic (exact) mass is 305 g/mol. The SMILES string of the molecule is CNCC1CCN(C(=O)CCc2cccc([N+](=O)[O-])c2)CC1. The minimum atomic E-state index is -0.405. The molecule has 0 spiro atoms. The van der Waals surface area contributed by atoms with Gasteiger partial charge in [-0.1, -0.05) is 12.1 Å². The van der Waals surface area contributed by atoms with Crippen molar-refractivity contribution in [3.63, 3.8) is 0 Å². The van der Waals surface area contributed by atoms with Gasteiger partial charge in [-0.3, -0.25) is 14.9 Å². The number of aryl methyl sites for hydroxylation is 1. The fourth-order valence-electron chi connectivity index (χ4n) is 2.91. The maximum atomic E-state index is 12.2. The molecule has 0 aromatic heterocycles. The maximum Gasteiger partial charge on any atom is 0.269 e. The van der Waals surface area contributed by atoms with Crippen LogP contribution >= 0.6 is 0 Å². The molecule has 1 aliphatic rings. The molecule has 1 aromatic rings. The van der Waals surface area contributed by atoms with Crippen LogP contribution in [-0.4, -0.2) is 42.4 Å². The average Bonchev–Trinajstić information content (AvgIpc) is 2.54. The molecule has 1 aromatic carbocycles. The number of hydrogen-bond donors (Lipinski definition) is 1. The van der Waals surface area contributed by atoms with Crippen molar-refractivity contribution in [1.29, 1.82) is 0 Å². The van der Waals surface area contributed by atoms with Crippen LogP contribution in [0.4, 0.5) is 5.69 Å². The molecule has 22 heavy (non-hydrogen) atoms. The van der Waals surface area contributed by atoms with E-state index in [9.17, 15) is 14.9 Å². The van der Waals surface area contributed by atoms with E-state index in [4.69, 9.17) is 0 Å². The van der Waals surface area contributed by atoms with Crippen LogP contribution in [0.3, 0.4) is 0 Å². The predicted molar refractivity (Wildman–Crippen MR) is 84.6 cm³/mol. The van der Waals surface area contributed by atoms with Crippen LogP contribution in [0.5, 0.6) is 0 Å². The molecule has 0 atom stereocenters. The van der Waals surface area contributed by atoms with Crippen molar-refractivity contribution in [2.75, 3.05) is 26.7 Å². The van der Waals surface area contributed by atoms with Crippen molar-refractivity contribution >= 4 is 11.6 Å². The molecule has 1 saturated heterocycles. The molecule has 1 heterocycles. The first-order valence-corrected chi connectivity index (χ1v) is 7.76. The normalized spacial score (nSPS) is 15.8. The summed E-state index contributed by atoms with van der Waals surface area (Å²) in [6.45, 7) is 2.65. The Bertz CT molecular complexity index is 525. The van der Waals surface area contributed by atoms with Crippen LogP contribution in [0.25, 0.3) is 0 Å². The van der Waals surface area contributed by atoms with Crippen molar-refractivity contribution in [2.45, 2.75) is 25.7 Å². The lowest BCUT2D eigenvalue weighted by molar-refractivity contribution is -0.384. The summed E-state index contributed by atoms with van der Waals surface area (Å²) in [4.78, 5) is 24.5. The molecule has 1 aliphatic heterocycles. The zero-order chi connectivity index (χ0) is 15.9. The maximum absolute atomic E-state index is 12.2. The lowest BCUT2D eigenvalue weighted by Gasteiger charge is -2.32. The van der Waals surface area contributed by atoms with E-state index < -0.39 is 4.92 Å². The fraction of sp³-hybridized carbons (Fsp3) is 0.562. The highest BCUT2D eigenvalue weighted by Gasteiger charge is 2.22. The Hall–Kier alpha value is -1.95. The quantitative estimate of drug-likeness (QED) is 0.644. The van der Waals surface area contributed by atoms with Crippen LogP contribution in [0.15, 0.2) is 24.3 Å². The first kappa shape index (κ1) is 16.4. The lowest BCUT2D eigenvalue weighted by atomic mass is 9.96. The molecule has 120 valence electrons. The average molecular weight is 305 g/mol. The Morgan fingerprint density at radius 2 is 2.14 bits per heavy atom. The van der Waals surface area contributed by atoms with E-state index in [0.29, 0.717) is 18.8 Å². The Morgan fingerprint density at radius 3 is 2.77 bits per heavy atom. The van der Waals surface area contributed by atoms with Gasteiger partial charge < -0.3 is 10.2 Å². The molecule has 0 unspecified atom stereocenters. The molecular formula is C16H23N3O3. The fourth-order valence-corrected chi connectivity index (χ4v) is 2.91. The highest BCUT2D eigenvalue weighted by atomic mass is 16.6. The molecule has 6 heteroatoms. The summed E-state index contributed by atoms with van der Waals surface area (Å²) in [6.07, 6.45) is 3.06. The summed E-state index contributed by atoms with van der Waals surface area (Å²) in [6, 6.07) is 6.52. The zero-order valence-corrected chi connectivity index (χ0v) is 13.0. The number of nitro groups is 1. The first-order valence-electron chi connectivity index (χ1n) is 7.76. The van der Waals surface area contributed by atoms with Crippen molar-refractivity contribution in [3.05, 3.63) is 39.9 Å². The Balaban J connectivity index is 1.81. The third-order valence-corrected chi connectivity index (χ3v) is 4.21. The topological polar surface area (TPSA) is 75.5 Å². The number of nitrogens with zero attached hydrogens (tertiary/aromatic N) is 2. The summed E-state index contributed by atoms with van der Waals surface area (Å²) < 4.78 is 0. The number of non-ortho nitro benzene ring substituents is 1. The number of nitro benzene ring substituents is 1. The molecule has 2 rings (SSSR count). The van der Waals surface area contributed by atoms with Gasteiger partial charge in [0.15, 0.2) is 0 Å². The van der Waals surface area contributed by atoms with Gasteiger partial charge in [0.2, 0.25) is 5.91 Å². The number of carbonyl (C=O) groups is 1. The minimum absolute atomic E-state index is 0.0813. The van der Waals surface area contributed by atoms with Crippen molar-refractivity contribution in [1.82, 2.24) is 10.2 Å². The van der Waals surface area contributed by atoms with E-state index in [2.05, 4.69) is 5.32 Å². The smallest absolute Gasteiger partial charge is 0.269 e. The standard InChI is InChI=1S/C16H23N3O3/c1-17-12-14-7-9-18(10-8-14)16(20)6-5-13-3-2-4-15(11-13)19(21)22/h2-4,11,14,17H,5-10,12H2,1H3. The molecule has 0 saturated carbocycles. The summed E-state index contributed by atoms with van der Waals surface area (Å²) in [5.74, 6) is 0.806. The molecule has 0 radical (unpaired) electrons. The molecule has 1 fully saturated rings. The van der Waals surface area contributed by atoms with Gasteiger partial charge in [-0.15, -0.1) is 0 Å². The molecule has 6 nitrogen and oxygen atoms in total. The van der Waals surface area contributed by atoms with E-state index >= 15 is 0 Å². The van der Waals surface area contributed by atoms with Crippen molar-refractivity contribution < 1.29 is 9.72 Å². The Labute approximate surface area is 130 Å². The third kappa shape index (κ3) is 4.53. The van der Waals surface area contributed by atoms with E-state index in [1.165, 1.54) is 6.07 Å². The van der Waals surface area contributed by atoms with Crippen molar-refractivity contribution in [3.8, 4) is 0 Å². The van der Waals surface area contributed by atoms with Gasteiger partial charge in [-0.25, -0.2) is 0 Å². The number of benzene rings is 1. The predicted octanol–water partition coefficient (Wildman–Crippen LogP) is 1.99. The Kier molecular flexibility index (Phi) is 5.89. The Morgan fingerprint density at radius 1 is 1.41 bits per heavy atom. The minimum Gasteiger partial charge on any atom is -0.343 e. The number of piperidine rings is 1. The number of nitrogens with one attached hydrogen (secondary N) is 1. The van der Waals surface area contributed by atoms with Gasteiger partial charge in [-0.2, -0.15) is 0 Å². The number of rotatable bonds is 6. The van der Waals surface area contributed by atoms with Crippen LogP contribution in [-0.2, 0) is 11.2 Å². The number of amides is 1. The number of likely N-dealkylation sites (tertiary alicyclic amines) is 1. The third-order valence-electron chi connectivity index (χ3n) is 4.21. The van der Waals surface area contributed by atoms with Crippen LogP contribution in [0, 0.1) is 16.0 Å². The second-order valence-corrected chi connectivity index (χ2v) is 5.81. The second kappa shape index (κ2) is 7.89. The van der Waals surface area contributed by atoms with Gasteiger partial charge in [-0.05, 0) is 44.3 Å². The number of hydrogen-bond acceptors (Lipinski definition) is 4. The summed E-state index contributed by atoms with van der Waals surface area (Å²) in [5.41, 5.74) is 0.922. The highest BCUT2D eigenvalue weighted by molar-refractivity contribution is 5.76. The van der Waals surface area contributed by atoms with Gasteiger partial charge in [0.05, 0.1) is 4.92 Å². The molecule has 1 N–H and O–H groups in total. The van der Waals surface area contributed by atoms with E-state index in [-0.39, 0.29) is 11.6 Å². The molecule has 1 amide bonds. The first-order chi connectivity index (χ1) is 10.6. The van der Waals surface area contributed by atoms with Gasteiger partial charge in [0, 0.05) is 31.6 Å². The highest BCUT2D eigenvalue weighted by Crippen LogP contribution is 2.18. The van der Waals surface area contributed by atoms with E-state index in [1.54, 1.807) is 12.1 Å². The van der Waals surface area contributed by atoms with E-state index in [0.717, 1.165) is 38.0 Å². The largest absolute Gasteiger partial charge is 0.343 e. The van der Waals surface area contributed by atoms with Crippen LogP contribution in [0.1, 0.15) is 24.8 Å². The molecule has 0 aliphatic carbocycles. The summed E-state index contributed by atoms with van der Waals surface area (Å²) in [5, 5.41) is 13.9. The van der Waals surface area contributed by atoms with E-state index in [1.807, 2.05) is 18.0 Å². The van der Waals surface area contributed by atoms with Crippen LogP contribution < -0.4 is 5.32 Å².